The van der Waals surface area contributed by atoms with Crippen molar-refractivity contribution in [3.8, 4) is 0 Å². The van der Waals surface area contributed by atoms with E-state index < -0.39 is 0 Å². The fourth-order valence-electron chi connectivity index (χ4n) is 1.68. The molecular weight excluding hydrogens is 178 g/mol. The van der Waals surface area contributed by atoms with Crippen LogP contribution in [0.2, 0.25) is 0 Å². The van der Waals surface area contributed by atoms with Gasteiger partial charge in [-0.15, -0.1) is 0 Å². The molecule has 2 atom stereocenters. The van der Waals surface area contributed by atoms with Crippen LogP contribution in [0.5, 0.6) is 0 Å². The molecule has 0 aromatic carbocycles. The summed E-state index contributed by atoms with van der Waals surface area (Å²) < 4.78 is 5.52. The molecular formula is C10H15N3O. The summed E-state index contributed by atoms with van der Waals surface area (Å²) in [6.45, 7) is 2.69. The predicted molar refractivity (Wildman–Crippen MR) is 52.7 cm³/mol. The van der Waals surface area contributed by atoms with Crippen molar-refractivity contribution in [3.05, 3.63) is 23.8 Å². The minimum atomic E-state index is -0.0851. The first kappa shape index (κ1) is 9.55. The first-order valence-corrected chi connectivity index (χ1v) is 4.93. The highest BCUT2D eigenvalue weighted by atomic mass is 16.5. The van der Waals surface area contributed by atoms with Gasteiger partial charge in [0.25, 0.3) is 0 Å². The van der Waals surface area contributed by atoms with E-state index in [1.165, 1.54) is 0 Å². The molecule has 14 heavy (non-hydrogen) atoms. The predicted octanol–water partition coefficient (Wildman–Crippen LogP) is 0.964. The van der Waals surface area contributed by atoms with Crippen molar-refractivity contribution in [1.29, 1.82) is 0 Å². The van der Waals surface area contributed by atoms with Crippen molar-refractivity contribution in [2.75, 3.05) is 6.61 Å². The van der Waals surface area contributed by atoms with Crippen LogP contribution < -0.4 is 5.73 Å². The normalized spacial score (nSPS) is 23.7. The molecule has 0 aliphatic carbocycles. The standard InChI is InChI=1S/C10H15N3O/c1-7-12-5-8(6-13-7)10(11)9-3-2-4-14-9/h5-6,9-10H,2-4,11H2,1H3/t9-,10+/m1/s1. The molecule has 1 aromatic rings. The summed E-state index contributed by atoms with van der Waals surface area (Å²) in [4.78, 5) is 8.25. The van der Waals surface area contributed by atoms with Crippen molar-refractivity contribution >= 4 is 0 Å². The quantitative estimate of drug-likeness (QED) is 0.760. The van der Waals surface area contributed by atoms with E-state index in [2.05, 4.69) is 9.97 Å². The van der Waals surface area contributed by atoms with E-state index in [1.807, 2.05) is 6.92 Å². The molecule has 76 valence electrons. The van der Waals surface area contributed by atoms with Gasteiger partial charge in [-0.05, 0) is 19.8 Å². The van der Waals surface area contributed by atoms with Gasteiger partial charge in [-0.2, -0.15) is 0 Å². The average molecular weight is 193 g/mol. The van der Waals surface area contributed by atoms with E-state index in [-0.39, 0.29) is 12.1 Å². The molecule has 1 aromatic heterocycles. The largest absolute Gasteiger partial charge is 0.376 e. The summed E-state index contributed by atoms with van der Waals surface area (Å²) >= 11 is 0. The van der Waals surface area contributed by atoms with E-state index in [9.17, 15) is 0 Å². The summed E-state index contributed by atoms with van der Waals surface area (Å²) in [5.74, 6) is 0.772. The highest BCUT2D eigenvalue weighted by molar-refractivity contribution is 5.12. The van der Waals surface area contributed by atoms with Crippen molar-refractivity contribution in [3.63, 3.8) is 0 Å². The Labute approximate surface area is 83.5 Å². The van der Waals surface area contributed by atoms with Crippen LogP contribution in [0.25, 0.3) is 0 Å². The zero-order chi connectivity index (χ0) is 9.97. The Bertz CT molecular complexity index is 293. The summed E-state index contributed by atoms with van der Waals surface area (Å²) in [7, 11) is 0. The van der Waals surface area contributed by atoms with Gasteiger partial charge in [0.2, 0.25) is 0 Å². The number of rotatable bonds is 2. The molecule has 4 nitrogen and oxygen atoms in total. The van der Waals surface area contributed by atoms with Gasteiger partial charge < -0.3 is 10.5 Å². The van der Waals surface area contributed by atoms with Gasteiger partial charge in [0.1, 0.15) is 5.82 Å². The summed E-state index contributed by atoms with van der Waals surface area (Å²) in [5.41, 5.74) is 7.01. The van der Waals surface area contributed by atoms with Crippen LogP contribution in [0, 0.1) is 6.92 Å². The molecule has 0 bridgehead atoms. The maximum absolute atomic E-state index is 6.05. The molecule has 1 aliphatic heterocycles. The van der Waals surface area contributed by atoms with Crippen LogP contribution in [-0.2, 0) is 4.74 Å². The van der Waals surface area contributed by atoms with Crippen molar-refractivity contribution in [2.24, 2.45) is 5.73 Å². The first-order chi connectivity index (χ1) is 6.77. The third kappa shape index (κ3) is 1.91. The minimum Gasteiger partial charge on any atom is -0.376 e. The second-order valence-electron chi connectivity index (χ2n) is 3.64. The first-order valence-electron chi connectivity index (χ1n) is 4.93. The summed E-state index contributed by atoms with van der Waals surface area (Å²) in [6.07, 6.45) is 5.85. The Hall–Kier alpha value is -1.00. The number of aromatic nitrogens is 2. The maximum Gasteiger partial charge on any atom is 0.125 e. The minimum absolute atomic E-state index is 0.0851. The lowest BCUT2D eigenvalue weighted by Gasteiger charge is -2.17. The highest BCUT2D eigenvalue weighted by Gasteiger charge is 2.24. The van der Waals surface area contributed by atoms with Crippen molar-refractivity contribution in [1.82, 2.24) is 9.97 Å². The summed E-state index contributed by atoms with van der Waals surface area (Å²) in [6, 6.07) is -0.0851. The Balaban J connectivity index is 2.09. The Morgan fingerprint density at radius 3 is 2.79 bits per heavy atom. The zero-order valence-corrected chi connectivity index (χ0v) is 8.31. The maximum atomic E-state index is 6.05. The van der Waals surface area contributed by atoms with Crippen LogP contribution in [0.15, 0.2) is 12.4 Å². The molecule has 0 unspecified atom stereocenters. The Morgan fingerprint density at radius 1 is 1.50 bits per heavy atom. The van der Waals surface area contributed by atoms with Crippen LogP contribution in [-0.4, -0.2) is 22.7 Å². The molecule has 0 saturated carbocycles. The smallest absolute Gasteiger partial charge is 0.125 e. The zero-order valence-electron chi connectivity index (χ0n) is 8.31. The average Bonchev–Trinajstić information content (AvgIpc) is 2.71. The monoisotopic (exact) mass is 193 g/mol. The van der Waals surface area contributed by atoms with E-state index in [0.29, 0.717) is 0 Å². The van der Waals surface area contributed by atoms with Crippen LogP contribution in [0.4, 0.5) is 0 Å². The fourth-order valence-corrected chi connectivity index (χ4v) is 1.68. The van der Waals surface area contributed by atoms with E-state index in [4.69, 9.17) is 10.5 Å². The SMILES string of the molecule is Cc1ncc([C@H](N)[C@H]2CCCO2)cn1. The molecule has 1 fully saturated rings. The van der Waals surface area contributed by atoms with Crippen LogP contribution in [0.1, 0.15) is 30.3 Å². The van der Waals surface area contributed by atoms with Gasteiger partial charge in [-0.3, -0.25) is 0 Å². The van der Waals surface area contributed by atoms with Crippen LogP contribution >= 0.6 is 0 Å². The van der Waals surface area contributed by atoms with E-state index >= 15 is 0 Å². The molecule has 0 spiro atoms. The lowest BCUT2D eigenvalue weighted by molar-refractivity contribution is 0.0898. The number of hydrogen-bond donors (Lipinski definition) is 1. The van der Waals surface area contributed by atoms with Gasteiger partial charge in [0.15, 0.2) is 0 Å². The molecule has 1 aliphatic rings. The number of ether oxygens (including phenoxy) is 1. The molecule has 1 saturated heterocycles. The molecule has 4 heteroatoms. The molecule has 0 radical (unpaired) electrons. The van der Waals surface area contributed by atoms with E-state index in [0.717, 1.165) is 30.8 Å². The molecule has 2 N–H and O–H groups in total. The Morgan fingerprint density at radius 2 is 2.21 bits per heavy atom. The highest BCUT2D eigenvalue weighted by Crippen LogP contribution is 2.23. The number of nitrogens with two attached hydrogens (primary N) is 1. The number of aryl methyl sites for hydroxylation is 1. The van der Waals surface area contributed by atoms with Crippen LogP contribution in [0.3, 0.4) is 0 Å². The number of hydrogen-bond acceptors (Lipinski definition) is 4. The topological polar surface area (TPSA) is 61.0 Å². The van der Waals surface area contributed by atoms with Gasteiger partial charge >= 0.3 is 0 Å². The molecule has 2 rings (SSSR count). The third-order valence-corrected chi connectivity index (χ3v) is 2.55. The van der Waals surface area contributed by atoms with Crippen molar-refractivity contribution in [2.45, 2.75) is 31.9 Å². The van der Waals surface area contributed by atoms with Gasteiger partial charge in [-0.1, -0.05) is 0 Å². The molecule has 0 amide bonds. The third-order valence-electron chi connectivity index (χ3n) is 2.55. The lowest BCUT2D eigenvalue weighted by atomic mass is 10.0. The van der Waals surface area contributed by atoms with Gasteiger partial charge in [0.05, 0.1) is 12.1 Å². The lowest BCUT2D eigenvalue weighted by Crippen LogP contribution is -2.25. The second kappa shape index (κ2) is 4.02. The van der Waals surface area contributed by atoms with Gasteiger partial charge in [-0.25, -0.2) is 9.97 Å². The van der Waals surface area contributed by atoms with E-state index in [1.54, 1.807) is 12.4 Å². The Kier molecular flexibility index (Phi) is 2.74. The fraction of sp³-hybridized carbons (Fsp3) is 0.600. The number of nitrogens with zero attached hydrogens (tertiary/aromatic N) is 2. The second-order valence-corrected chi connectivity index (χ2v) is 3.64. The van der Waals surface area contributed by atoms with Crippen molar-refractivity contribution < 1.29 is 4.74 Å². The van der Waals surface area contributed by atoms with Gasteiger partial charge in [0, 0.05) is 24.6 Å². The summed E-state index contributed by atoms with van der Waals surface area (Å²) in [5, 5.41) is 0. The molecule has 2 heterocycles.